The van der Waals surface area contributed by atoms with E-state index in [0.717, 1.165) is 23.5 Å². The van der Waals surface area contributed by atoms with E-state index in [2.05, 4.69) is 15.4 Å². The fraction of sp³-hybridized carbons (Fsp3) is 0.400. The van der Waals surface area contributed by atoms with E-state index in [1.807, 2.05) is 57.1 Å². The topological polar surface area (TPSA) is 68.7 Å². The van der Waals surface area contributed by atoms with Gasteiger partial charge in [0.2, 0.25) is 0 Å². The first-order valence-corrected chi connectivity index (χ1v) is 9.78. The van der Waals surface area contributed by atoms with Crippen LogP contribution in [0, 0.1) is 0 Å². The summed E-state index contributed by atoms with van der Waals surface area (Å²) in [5, 5.41) is 12.3. The Hall–Kier alpha value is -1.55. The number of epoxide rings is 1. The standard InChI is InChI=1S/C15H19N5O2S2/c1-23-19-7-8-20(24-2)15(19)17-18-16-13-5-3-12(4-6-13)9-21-10-14-11-22-14/h3-8,14H,9-11H2,1-2H3. The fourth-order valence-corrected chi connectivity index (χ4v) is 2.95. The second kappa shape index (κ2) is 8.52. The van der Waals surface area contributed by atoms with Crippen LogP contribution in [0.2, 0.25) is 0 Å². The lowest BCUT2D eigenvalue weighted by Gasteiger charge is -2.02. The van der Waals surface area contributed by atoms with Crippen molar-refractivity contribution in [1.82, 2.24) is 7.94 Å². The van der Waals surface area contributed by atoms with Gasteiger partial charge in [-0.25, -0.2) is 0 Å². The molecule has 1 aliphatic heterocycles. The van der Waals surface area contributed by atoms with E-state index >= 15 is 0 Å². The van der Waals surface area contributed by atoms with E-state index < -0.39 is 0 Å². The second-order valence-electron chi connectivity index (χ2n) is 5.04. The molecule has 0 spiro atoms. The Morgan fingerprint density at radius 1 is 1.17 bits per heavy atom. The van der Waals surface area contributed by atoms with Gasteiger partial charge in [0, 0.05) is 24.9 Å². The number of aromatic nitrogens is 2. The Labute approximate surface area is 149 Å². The van der Waals surface area contributed by atoms with Gasteiger partial charge >= 0.3 is 0 Å². The summed E-state index contributed by atoms with van der Waals surface area (Å²) in [7, 11) is 0. The predicted octanol–water partition coefficient (Wildman–Crippen LogP) is 3.06. The highest BCUT2D eigenvalue weighted by atomic mass is 32.2. The predicted molar refractivity (Wildman–Crippen MR) is 96.2 cm³/mol. The number of ether oxygens (including phenoxy) is 2. The number of hydrogen-bond donors (Lipinski definition) is 0. The summed E-state index contributed by atoms with van der Waals surface area (Å²) in [6, 6.07) is 7.77. The van der Waals surface area contributed by atoms with Gasteiger partial charge in [-0.05, 0) is 46.8 Å². The van der Waals surface area contributed by atoms with Crippen molar-refractivity contribution in [3.8, 4) is 0 Å². The summed E-state index contributed by atoms with van der Waals surface area (Å²) in [6.45, 7) is 2.06. The van der Waals surface area contributed by atoms with Crippen LogP contribution in [0.3, 0.4) is 0 Å². The van der Waals surface area contributed by atoms with Crippen LogP contribution in [-0.2, 0) is 16.1 Å². The van der Waals surface area contributed by atoms with Crippen molar-refractivity contribution in [2.75, 3.05) is 25.7 Å². The van der Waals surface area contributed by atoms with Crippen LogP contribution in [0.4, 0.5) is 5.69 Å². The molecule has 0 aliphatic carbocycles. The van der Waals surface area contributed by atoms with Crippen LogP contribution in [0.15, 0.2) is 52.1 Å². The van der Waals surface area contributed by atoms with E-state index in [9.17, 15) is 0 Å². The molecule has 7 nitrogen and oxygen atoms in total. The Balaban J connectivity index is 1.61. The van der Waals surface area contributed by atoms with Gasteiger partial charge in [0.05, 0.1) is 25.5 Å². The molecule has 128 valence electrons. The number of imidazole rings is 1. The van der Waals surface area contributed by atoms with Crippen LogP contribution in [0.5, 0.6) is 0 Å². The van der Waals surface area contributed by atoms with Crippen molar-refractivity contribution >= 4 is 29.6 Å². The molecular weight excluding hydrogens is 346 g/mol. The summed E-state index contributed by atoms with van der Waals surface area (Å²) in [4.78, 5) is 0. The molecule has 0 amide bonds. The third-order valence-corrected chi connectivity index (χ3v) is 4.69. The van der Waals surface area contributed by atoms with Gasteiger partial charge in [-0.3, -0.25) is 7.94 Å². The average Bonchev–Trinajstić information content (AvgIpc) is 3.35. The molecule has 1 saturated heterocycles. The molecule has 1 aliphatic rings. The molecule has 0 N–H and O–H groups in total. The van der Waals surface area contributed by atoms with Crippen molar-refractivity contribution in [1.29, 1.82) is 0 Å². The van der Waals surface area contributed by atoms with Crippen LogP contribution in [0.1, 0.15) is 5.56 Å². The minimum absolute atomic E-state index is 0.295. The van der Waals surface area contributed by atoms with Gasteiger partial charge in [0.1, 0.15) is 6.10 Å². The monoisotopic (exact) mass is 365 g/mol. The minimum Gasteiger partial charge on any atom is -0.374 e. The first-order valence-electron chi connectivity index (χ1n) is 7.42. The summed E-state index contributed by atoms with van der Waals surface area (Å²) in [6.07, 6.45) is 8.14. The summed E-state index contributed by atoms with van der Waals surface area (Å²) >= 11 is 3.12. The minimum atomic E-state index is 0.295. The van der Waals surface area contributed by atoms with Crippen LogP contribution < -0.4 is 5.62 Å². The van der Waals surface area contributed by atoms with Crippen molar-refractivity contribution in [3.05, 3.63) is 47.8 Å². The maximum absolute atomic E-state index is 5.56. The number of hydrogen-bond acceptors (Lipinski definition) is 6. The highest BCUT2D eigenvalue weighted by Gasteiger charge is 2.22. The van der Waals surface area contributed by atoms with E-state index in [0.29, 0.717) is 19.3 Å². The molecule has 9 heteroatoms. The van der Waals surface area contributed by atoms with Crippen molar-refractivity contribution in [2.45, 2.75) is 12.7 Å². The van der Waals surface area contributed by atoms with E-state index in [1.165, 1.54) is 0 Å². The molecule has 1 aromatic carbocycles. The van der Waals surface area contributed by atoms with Crippen LogP contribution >= 0.6 is 23.9 Å². The molecule has 1 fully saturated rings. The summed E-state index contributed by atoms with van der Waals surface area (Å²) in [5.74, 6) is 0. The summed E-state index contributed by atoms with van der Waals surface area (Å²) < 4.78 is 14.5. The first kappa shape index (κ1) is 17.3. The van der Waals surface area contributed by atoms with Crippen molar-refractivity contribution in [2.24, 2.45) is 15.4 Å². The normalized spacial score (nSPS) is 16.7. The number of nitrogens with zero attached hydrogens (tertiary/aromatic N) is 5. The summed E-state index contributed by atoms with van der Waals surface area (Å²) in [5.41, 5.74) is 2.58. The molecule has 2 aromatic rings. The molecule has 1 unspecified atom stereocenters. The third kappa shape index (κ3) is 4.73. The zero-order valence-corrected chi connectivity index (χ0v) is 15.2. The lowest BCUT2D eigenvalue weighted by molar-refractivity contribution is 0.104. The smallest absolute Gasteiger partial charge is 0.252 e. The largest absolute Gasteiger partial charge is 0.374 e. The van der Waals surface area contributed by atoms with Gasteiger partial charge in [0.15, 0.2) is 0 Å². The molecule has 1 atom stereocenters. The SMILES string of the molecule is CSn1ccn(SC)c1=NN=Nc1ccc(COCC2CO2)cc1. The molecule has 3 rings (SSSR count). The lowest BCUT2D eigenvalue weighted by atomic mass is 10.2. The Kier molecular flexibility index (Phi) is 6.13. The van der Waals surface area contributed by atoms with Gasteiger partial charge in [-0.2, -0.15) is 0 Å². The lowest BCUT2D eigenvalue weighted by Crippen LogP contribution is -2.18. The molecule has 0 radical (unpaired) electrons. The number of rotatable bonds is 8. The van der Waals surface area contributed by atoms with Crippen molar-refractivity contribution < 1.29 is 9.47 Å². The van der Waals surface area contributed by atoms with E-state index in [-0.39, 0.29) is 0 Å². The average molecular weight is 365 g/mol. The van der Waals surface area contributed by atoms with E-state index in [4.69, 9.17) is 9.47 Å². The Bertz CT molecular complexity index is 725. The van der Waals surface area contributed by atoms with Gasteiger partial charge in [-0.15, -0.1) is 5.11 Å². The zero-order chi connectivity index (χ0) is 16.8. The second-order valence-corrected chi connectivity index (χ2v) is 6.56. The molecule has 2 heterocycles. The van der Waals surface area contributed by atoms with Crippen LogP contribution in [-0.4, -0.2) is 39.8 Å². The van der Waals surface area contributed by atoms with Crippen LogP contribution in [0.25, 0.3) is 0 Å². The highest BCUT2D eigenvalue weighted by molar-refractivity contribution is 7.97. The Morgan fingerprint density at radius 3 is 2.42 bits per heavy atom. The van der Waals surface area contributed by atoms with Gasteiger partial charge in [-0.1, -0.05) is 17.2 Å². The maximum Gasteiger partial charge on any atom is 0.252 e. The highest BCUT2D eigenvalue weighted by Crippen LogP contribution is 2.15. The molecule has 0 bridgehead atoms. The Morgan fingerprint density at radius 2 is 1.83 bits per heavy atom. The van der Waals surface area contributed by atoms with Gasteiger partial charge in [0.25, 0.3) is 5.62 Å². The molecule has 0 saturated carbocycles. The number of benzene rings is 1. The van der Waals surface area contributed by atoms with E-state index in [1.54, 1.807) is 23.9 Å². The van der Waals surface area contributed by atoms with Gasteiger partial charge < -0.3 is 9.47 Å². The first-order chi connectivity index (χ1) is 11.8. The maximum atomic E-state index is 5.56. The third-order valence-electron chi connectivity index (χ3n) is 3.33. The zero-order valence-electron chi connectivity index (χ0n) is 13.5. The van der Waals surface area contributed by atoms with Crippen molar-refractivity contribution in [3.63, 3.8) is 0 Å². The molecule has 1 aromatic heterocycles. The quantitative estimate of drug-likeness (QED) is 0.410. The molecule has 24 heavy (non-hydrogen) atoms. The molecular formula is C15H19N5O2S2. The fourth-order valence-electron chi connectivity index (χ4n) is 1.97.